The Hall–Kier alpha value is -1.81. The lowest BCUT2D eigenvalue weighted by molar-refractivity contribution is 1.08. The van der Waals surface area contributed by atoms with Gasteiger partial charge in [0.15, 0.2) is 5.82 Å². The molecule has 0 saturated carbocycles. The van der Waals surface area contributed by atoms with Crippen LogP contribution < -0.4 is 10.6 Å². The van der Waals surface area contributed by atoms with Crippen LogP contribution in [0.25, 0.3) is 0 Å². The summed E-state index contributed by atoms with van der Waals surface area (Å²) in [6, 6.07) is 7.32. The van der Waals surface area contributed by atoms with Crippen molar-refractivity contribution in [2.24, 2.45) is 0 Å². The predicted octanol–water partition coefficient (Wildman–Crippen LogP) is 2.48. The Bertz CT molecular complexity index is 487. The fourth-order valence-corrected chi connectivity index (χ4v) is 1.65. The molecule has 0 unspecified atom stereocenters. The van der Waals surface area contributed by atoms with Gasteiger partial charge in [0.1, 0.15) is 5.82 Å². The van der Waals surface area contributed by atoms with Crippen molar-refractivity contribution in [3.05, 3.63) is 41.7 Å². The molecular formula is C11H11ClN4. The first kappa shape index (κ1) is 10.7. The van der Waals surface area contributed by atoms with Crippen molar-refractivity contribution < 1.29 is 0 Å². The van der Waals surface area contributed by atoms with Gasteiger partial charge in [0.2, 0.25) is 0 Å². The van der Waals surface area contributed by atoms with Crippen LogP contribution in [0.4, 0.5) is 17.3 Å². The summed E-state index contributed by atoms with van der Waals surface area (Å²) in [4.78, 5) is 10.2. The molecular weight excluding hydrogens is 224 g/mol. The minimum Gasteiger partial charge on any atom is -0.397 e. The molecule has 2 rings (SSSR count). The molecule has 2 aromatic rings. The largest absolute Gasteiger partial charge is 0.397 e. The molecule has 0 spiro atoms. The number of aromatic nitrogens is 2. The van der Waals surface area contributed by atoms with E-state index in [1.165, 1.54) is 0 Å². The molecule has 2 heterocycles. The number of rotatable bonds is 2. The van der Waals surface area contributed by atoms with Crippen LogP contribution in [0.1, 0.15) is 0 Å². The highest BCUT2D eigenvalue weighted by Crippen LogP contribution is 2.28. The molecule has 0 aliphatic carbocycles. The number of nitrogen functional groups attached to an aromatic ring is 1. The summed E-state index contributed by atoms with van der Waals surface area (Å²) in [5, 5.41) is 0.508. The zero-order valence-electron chi connectivity index (χ0n) is 8.76. The smallest absolute Gasteiger partial charge is 0.152 e. The van der Waals surface area contributed by atoms with Gasteiger partial charge in [-0.2, -0.15) is 0 Å². The summed E-state index contributed by atoms with van der Waals surface area (Å²) in [5.41, 5.74) is 6.13. The van der Waals surface area contributed by atoms with Gasteiger partial charge < -0.3 is 10.6 Å². The van der Waals surface area contributed by atoms with E-state index in [1.807, 2.05) is 30.1 Å². The van der Waals surface area contributed by atoms with Gasteiger partial charge in [0, 0.05) is 13.2 Å². The van der Waals surface area contributed by atoms with Crippen molar-refractivity contribution in [1.82, 2.24) is 9.97 Å². The molecule has 0 amide bonds. The molecule has 0 bridgehead atoms. The van der Waals surface area contributed by atoms with Crippen LogP contribution in [0.15, 0.2) is 36.7 Å². The van der Waals surface area contributed by atoms with Gasteiger partial charge >= 0.3 is 0 Å². The fourth-order valence-electron chi connectivity index (χ4n) is 1.35. The van der Waals surface area contributed by atoms with Crippen molar-refractivity contribution in [2.75, 3.05) is 17.7 Å². The Kier molecular flexibility index (Phi) is 2.92. The summed E-state index contributed by atoms with van der Waals surface area (Å²) in [6.45, 7) is 0. The molecule has 2 aromatic heterocycles. The Morgan fingerprint density at radius 3 is 2.75 bits per heavy atom. The lowest BCUT2D eigenvalue weighted by Gasteiger charge is -2.18. The third kappa shape index (κ3) is 2.06. The zero-order chi connectivity index (χ0) is 11.5. The monoisotopic (exact) mass is 234 g/mol. The SMILES string of the molecule is CN(c1ccccn1)c1ncc(N)cc1Cl. The fraction of sp³-hybridized carbons (Fsp3) is 0.0909. The average molecular weight is 235 g/mol. The number of pyridine rings is 2. The van der Waals surface area contributed by atoms with E-state index < -0.39 is 0 Å². The molecule has 0 fully saturated rings. The van der Waals surface area contributed by atoms with Crippen LogP contribution in [-0.4, -0.2) is 17.0 Å². The number of nitrogens with zero attached hydrogens (tertiary/aromatic N) is 3. The standard InChI is InChI=1S/C11H11ClN4/c1-16(10-4-2-3-5-14-10)11-9(12)6-8(13)7-15-11/h2-7H,13H2,1H3. The summed E-state index contributed by atoms with van der Waals surface area (Å²) in [6.07, 6.45) is 3.29. The molecule has 0 aliphatic rings. The normalized spacial score (nSPS) is 10.1. The number of hydrogen-bond donors (Lipinski definition) is 1. The molecule has 0 aromatic carbocycles. The first-order valence-corrected chi connectivity index (χ1v) is 5.12. The van der Waals surface area contributed by atoms with Crippen molar-refractivity contribution in [2.45, 2.75) is 0 Å². The quantitative estimate of drug-likeness (QED) is 0.868. The van der Waals surface area contributed by atoms with Gasteiger partial charge in [-0.05, 0) is 18.2 Å². The van der Waals surface area contributed by atoms with Gasteiger partial charge in [-0.25, -0.2) is 9.97 Å². The van der Waals surface area contributed by atoms with Gasteiger partial charge in [0.05, 0.1) is 16.9 Å². The molecule has 5 heteroatoms. The van der Waals surface area contributed by atoms with Crippen LogP contribution in [0, 0.1) is 0 Å². The van der Waals surface area contributed by atoms with E-state index in [1.54, 1.807) is 18.5 Å². The average Bonchev–Trinajstić information content (AvgIpc) is 2.29. The highest BCUT2D eigenvalue weighted by molar-refractivity contribution is 6.33. The molecule has 4 nitrogen and oxygen atoms in total. The minimum atomic E-state index is 0.508. The molecule has 16 heavy (non-hydrogen) atoms. The highest BCUT2D eigenvalue weighted by atomic mass is 35.5. The van der Waals surface area contributed by atoms with E-state index in [0.717, 1.165) is 5.82 Å². The van der Waals surface area contributed by atoms with Gasteiger partial charge in [0.25, 0.3) is 0 Å². The van der Waals surface area contributed by atoms with Crippen molar-refractivity contribution in [3.8, 4) is 0 Å². The topological polar surface area (TPSA) is 55.0 Å². The number of nitrogens with two attached hydrogens (primary N) is 1. The minimum absolute atomic E-state index is 0.508. The summed E-state index contributed by atoms with van der Waals surface area (Å²) in [5.74, 6) is 1.41. The Morgan fingerprint density at radius 1 is 1.31 bits per heavy atom. The van der Waals surface area contributed by atoms with E-state index in [9.17, 15) is 0 Å². The van der Waals surface area contributed by atoms with Crippen molar-refractivity contribution in [1.29, 1.82) is 0 Å². The molecule has 82 valence electrons. The van der Waals surface area contributed by atoms with E-state index in [0.29, 0.717) is 16.5 Å². The third-order valence-corrected chi connectivity index (χ3v) is 2.43. The molecule has 0 atom stereocenters. The Morgan fingerprint density at radius 2 is 2.12 bits per heavy atom. The molecule has 0 aliphatic heterocycles. The highest BCUT2D eigenvalue weighted by Gasteiger charge is 2.10. The number of anilines is 3. The van der Waals surface area contributed by atoms with E-state index >= 15 is 0 Å². The first-order valence-electron chi connectivity index (χ1n) is 4.74. The van der Waals surface area contributed by atoms with E-state index in [4.69, 9.17) is 17.3 Å². The summed E-state index contributed by atoms with van der Waals surface area (Å²) < 4.78 is 0. The second kappa shape index (κ2) is 4.37. The second-order valence-corrected chi connectivity index (χ2v) is 3.73. The molecule has 2 N–H and O–H groups in total. The number of halogens is 1. The lowest BCUT2D eigenvalue weighted by Crippen LogP contribution is -2.13. The van der Waals surface area contributed by atoms with Crippen molar-refractivity contribution >= 4 is 28.9 Å². The van der Waals surface area contributed by atoms with Crippen LogP contribution >= 0.6 is 11.6 Å². The summed E-state index contributed by atoms with van der Waals surface area (Å²) in [7, 11) is 1.85. The molecule has 0 radical (unpaired) electrons. The van der Waals surface area contributed by atoms with Crippen LogP contribution in [0.5, 0.6) is 0 Å². The summed E-state index contributed by atoms with van der Waals surface area (Å²) >= 11 is 6.06. The maximum Gasteiger partial charge on any atom is 0.152 e. The first-order chi connectivity index (χ1) is 7.68. The predicted molar refractivity (Wildman–Crippen MR) is 66.0 cm³/mol. The maximum atomic E-state index is 6.06. The number of hydrogen-bond acceptors (Lipinski definition) is 4. The second-order valence-electron chi connectivity index (χ2n) is 3.32. The molecule has 0 saturated heterocycles. The van der Waals surface area contributed by atoms with Crippen LogP contribution in [0.2, 0.25) is 5.02 Å². The van der Waals surface area contributed by atoms with Crippen molar-refractivity contribution in [3.63, 3.8) is 0 Å². The van der Waals surface area contributed by atoms with E-state index in [-0.39, 0.29) is 0 Å². The van der Waals surface area contributed by atoms with Crippen LogP contribution in [-0.2, 0) is 0 Å². The lowest BCUT2D eigenvalue weighted by atomic mass is 10.3. The Labute approximate surface area is 98.7 Å². The van der Waals surface area contributed by atoms with Gasteiger partial charge in [-0.15, -0.1) is 0 Å². The maximum absolute atomic E-state index is 6.06. The third-order valence-electron chi connectivity index (χ3n) is 2.15. The Balaban J connectivity index is 2.38. The zero-order valence-corrected chi connectivity index (χ0v) is 9.52. The van der Waals surface area contributed by atoms with Crippen LogP contribution in [0.3, 0.4) is 0 Å². The van der Waals surface area contributed by atoms with E-state index in [2.05, 4.69) is 9.97 Å². The van der Waals surface area contributed by atoms with Gasteiger partial charge in [-0.3, -0.25) is 0 Å². The van der Waals surface area contributed by atoms with Gasteiger partial charge in [-0.1, -0.05) is 17.7 Å².